The lowest BCUT2D eigenvalue weighted by molar-refractivity contribution is -0.126. The third kappa shape index (κ3) is 2.61. The fraction of sp³-hybridized carbons (Fsp3) is 0.857. The number of carbonyl (C=O) groups is 1. The van der Waals surface area contributed by atoms with E-state index in [1.807, 2.05) is 6.92 Å². The summed E-state index contributed by atoms with van der Waals surface area (Å²) in [6.07, 6.45) is 2.63. The third-order valence-electron chi connectivity index (χ3n) is 1.46. The molecule has 0 aliphatic rings. The minimum atomic E-state index is -0.547. The molecule has 0 fully saturated rings. The molecule has 0 saturated heterocycles. The van der Waals surface area contributed by atoms with Crippen molar-refractivity contribution in [1.82, 2.24) is 0 Å². The monoisotopic (exact) mass is 130 g/mol. The van der Waals surface area contributed by atoms with Gasteiger partial charge in [0, 0.05) is 7.11 Å². The second-order valence-electron chi connectivity index (χ2n) is 2.38. The molecule has 0 radical (unpaired) electrons. The fourth-order valence-corrected chi connectivity index (χ4v) is 0.705. The zero-order valence-corrected chi connectivity index (χ0v) is 6.31. The Morgan fingerprint density at radius 1 is 1.67 bits per heavy atom. The molecule has 0 amide bonds. The van der Waals surface area contributed by atoms with Crippen LogP contribution in [0.4, 0.5) is 0 Å². The van der Waals surface area contributed by atoms with Gasteiger partial charge in [-0.2, -0.15) is 0 Å². The Morgan fingerprint density at radius 2 is 2.22 bits per heavy atom. The zero-order valence-electron chi connectivity index (χ0n) is 6.31. The van der Waals surface area contributed by atoms with E-state index in [1.165, 1.54) is 0 Å². The predicted molar refractivity (Wildman–Crippen MR) is 36.4 cm³/mol. The maximum Gasteiger partial charge on any atom is 0.151 e. The first-order chi connectivity index (χ1) is 4.18. The van der Waals surface area contributed by atoms with Crippen molar-refractivity contribution >= 4 is 6.29 Å². The largest absolute Gasteiger partial charge is 0.371 e. The normalized spacial score (nSPS) is 16.8. The Bertz CT molecular complexity index is 90.9. The van der Waals surface area contributed by atoms with Crippen molar-refractivity contribution in [2.24, 2.45) is 0 Å². The van der Waals surface area contributed by atoms with Gasteiger partial charge in [0.1, 0.15) is 5.60 Å². The minimum absolute atomic E-state index is 0.547. The minimum Gasteiger partial charge on any atom is -0.371 e. The van der Waals surface area contributed by atoms with Crippen LogP contribution in [0, 0.1) is 0 Å². The summed E-state index contributed by atoms with van der Waals surface area (Å²) >= 11 is 0. The lowest BCUT2D eigenvalue weighted by atomic mass is 10.0. The van der Waals surface area contributed by atoms with Gasteiger partial charge in [-0.1, -0.05) is 13.3 Å². The van der Waals surface area contributed by atoms with E-state index in [2.05, 4.69) is 0 Å². The van der Waals surface area contributed by atoms with Crippen LogP contribution in [0.25, 0.3) is 0 Å². The molecule has 0 saturated carbocycles. The van der Waals surface area contributed by atoms with E-state index in [0.717, 1.165) is 19.1 Å². The molecular formula is C7H14O2. The van der Waals surface area contributed by atoms with Crippen LogP contribution < -0.4 is 0 Å². The van der Waals surface area contributed by atoms with Crippen molar-refractivity contribution in [3.8, 4) is 0 Å². The van der Waals surface area contributed by atoms with Gasteiger partial charge < -0.3 is 9.53 Å². The van der Waals surface area contributed by atoms with Crippen LogP contribution in [0.5, 0.6) is 0 Å². The average Bonchev–Trinajstić information content (AvgIpc) is 1.89. The van der Waals surface area contributed by atoms with E-state index in [0.29, 0.717) is 0 Å². The molecule has 9 heavy (non-hydrogen) atoms. The first-order valence-corrected chi connectivity index (χ1v) is 3.20. The van der Waals surface area contributed by atoms with E-state index in [4.69, 9.17) is 4.74 Å². The lowest BCUT2D eigenvalue weighted by Crippen LogP contribution is -2.28. The molecule has 0 N–H and O–H groups in total. The Hall–Kier alpha value is -0.370. The van der Waals surface area contributed by atoms with Crippen molar-refractivity contribution < 1.29 is 9.53 Å². The summed E-state index contributed by atoms with van der Waals surface area (Å²) < 4.78 is 4.96. The number of hydrogen-bond acceptors (Lipinski definition) is 2. The summed E-state index contributed by atoms with van der Waals surface area (Å²) in [5.41, 5.74) is -0.547. The highest BCUT2D eigenvalue weighted by Crippen LogP contribution is 2.12. The van der Waals surface area contributed by atoms with Crippen LogP contribution in [0.3, 0.4) is 0 Å². The number of hydrogen-bond donors (Lipinski definition) is 0. The molecule has 0 heterocycles. The van der Waals surface area contributed by atoms with E-state index in [9.17, 15) is 4.79 Å². The third-order valence-corrected chi connectivity index (χ3v) is 1.46. The summed E-state index contributed by atoms with van der Waals surface area (Å²) in [6, 6.07) is 0. The molecule has 0 aromatic rings. The Labute approximate surface area is 56.2 Å². The molecule has 54 valence electrons. The van der Waals surface area contributed by atoms with Gasteiger partial charge >= 0.3 is 0 Å². The van der Waals surface area contributed by atoms with E-state index in [1.54, 1.807) is 14.0 Å². The quantitative estimate of drug-likeness (QED) is 0.537. The smallest absolute Gasteiger partial charge is 0.151 e. The summed E-state index contributed by atoms with van der Waals surface area (Å²) in [5, 5.41) is 0. The molecule has 0 rings (SSSR count). The fourth-order valence-electron chi connectivity index (χ4n) is 0.705. The van der Waals surface area contributed by atoms with Crippen LogP contribution >= 0.6 is 0 Å². The molecule has 2 nitrogen and oxygen atoms in total. The van der Waals surface area contributed by atoms with Crippen LogP contribution in [0.2, 0.25) is 0 Å². The predicted octanol–water partition coefficient (Wildman–Crippen LogP) is 1.39. The molecule has 0 bridgehead atoms. The van der Waals surface area contributed by atoms with Gasteiger partial charge in [-0.15, -0.1) is 0 Å². The number of rotatable bonds is 4. The van der Waals surface area contributed by atoms with Crippen molar-refractivity contribution in [2.45, 2.75) is 32.3 Å². The van der Waals surface area contributed by atoms with Crippen molar-refractivity contribution in [1.29, 1.82) is 0 Å². The van der Waals surface area contributed by atoms with Crippen LogP contribution in [-0.4, -0.2) is 19.0 Å². The molecule has 1 unspecified atom stereocenters. The lowest BCUT2D eigenvalue weighted by Gasteiger charge is -2.19. The molecule has 0 spiro atoms. The molecule has 0 aromatic carbocycles. The van der Waals surface area contributed by atoms with Gasteiger partial charge in [0.25, 0.3) is 0 Å². The van der Waals surface area contributed by atoms with Crippen molar-refractivity contribution in [3.05, 3.63) is 0 Å². The van der Waals surface area contributed by atoms with Crippen LogP contribution in [0.1, 0.15) is 26.7 Å². The van der Waals surface area contributed by atoms with Gasteiger partial charge in [-0.3, -0.25) is 0 Å². The van der Waals surface area contributed by atoms with E-state index in [-0.39, 0.29) is 0 Å². The van der Waals surface area contributed by atoms with Gasteiger partial charge in [-0.05, 0) is 13.3 Å². The zero-order chi connectivity index (χ0) is 7.33. The summed E-state index contributed by atoms with van der Waals surface area (Å²) in [7, 11) is 1.56. The molecule has 0 aliphatic carbocycles. The van der Waals surface area contributed by atoms with Crippen LogP contribution in [0.15, 0.2) is 0 Å². The Morgan fingerprint density at radius 3 is 2.33 bits per heavy atom. The molecule has 0 aromatic heterocycles. The van der Waals surface area contributed by atoms with Gasteiger partial charge in [0.2, 0.25) is 0 Å². The summed E-state index contributed by atoms with van der Waals surface area (Å²) in [4.78, 5) is 10.3. The highest BCUT2D eigenvalue weighted by Gasteiger charge is 2.20. The highest BCUT2D eigenvalue weighted by molar-refractivity contribution is 5.61. The van der Waals surface area contributed by atoms with E-state index < -0.39 is 5.60 Å². The van der Waals surface area contributed by atoms with E-state index >= 15 is 0 Å². The maximum absolute atomic E-state index is 10.3. The van der Waals surface area contributed by atoms with Gasteiger partial charge in [-0.25, -0.2) is 0 Å². The van der Waals surface area contributed by atoms with Gasteiger partial charge in [0.15, 0.2) is 6.29 Å². The molecule has 0 aliphatic heterocycles. The second-order valence-corrected chi connectivity index (χ2v) is 2.38. The number of ether oxygens (including phenoxy) is 1. The Balaban J connectivity index is 3.76. The topological polar surface area (TPSA) is 26.3 Å². The summed E-state index contributed by atoms with van der Waals surface area (Å²) in [6.45, 7) is 3.82. The Kier molecular flexibility index (Phi) is 3.47. The maximum atomic E-state index is 10.3. The number of carbonyl (C=O) groups excluding carboxylic acids is 1. The number of aldehydes is 1. The number of methoxy groups -OCH3 is 1. The SMILES string of the molecule is CCCC(C)(C=O)OC. The average molecular weight is 130 g/mol. The highest BCUT2D eigenvalue weighted by atomic mass is 16.5. The van der Waals surface area contributed by atoms with Crippen molar-refractivity contribution in [2.75, 3.05) is 7.11 Å². The van der Waals surface area contributed by atoms with Crippen molar-refractivity contribution in [3.63, 3.8) is 0 Å². The van der Waals surface area contributed by atoms with Gasteiger partial charge in [0.05, 0.1) is 0 Å². The first kappa shape index (κ1) is 8.63. The molecule has 1 atom stereocenters. The summed E-state index contributed by atoms with van der Waals surface area (Å²) in [5.74, 6) is 0. The second kappa shape index (κ2) is 3.62. The standard InChI is InChI=1S/C7H14O2/c1-4-5-7(2,6-8)9-3/h6H,4-5H2,1-3H3. The molecular weight excluding hydrogens is 116 g/mol. The first-order valence-electron chi connectivity index (χ1n) is 3.20. The molecule has 2 heteroatoms. The van der Waals surface area contributed by atoms with Crippen LogP contribution in [-0.2, 0) is 9.53 Å².